The minimum Gasteiger partial charge on any atom is -0.459 e. The molecule has 1 saturated heterocycles. The molecule has 1 aromatic carbocycles. The van der Waals surface area contributed by atoms with Crippen molar-refractivity contribution in [2.75, 3.05) is 38.0 Å². The molecule has 1 aliphatic heterocycles. The molecule has 2 aromatic rings. The van der Waals surface area contributed by atoms with E-state index in [1.54, 1.807) is 41.3 Å². The van der Waals surface area contributed by atoms with Gasteiger partial charge in [-0.3, -0.25) is 19.3 Å². The van der Waals surface area contributed by atoms with Crippen LogP contribution < -0.4 is 11.1 Å². The lowest BCUT2D eigenvalue weighted by Gasteiger charge is -2.33. The minimum absolute atomic E-state index is 0.144. The maximum atomic E-state index is 12.3. The van der Waals surface area contributed by atoms with Crippen molar-refractivity contribution in [1.82, 2.24) is 9.80 Å². The molecule has 0 saturated carbocycles. The van der Waals surface area contributed by atoms with Gasteiger partial charge in [0.2, 0.25) is 5.91 Å². The molecule has 1 fully saturated rings. The maximum absolute atomic E-state index is 12.3. The summed E-state index contributed by atoms with van der Waals surface area (Å²) in [5, 5.41) is 2.72. The topological polar surface area (TPSA) is 109 Å². The van der Waals surface area contributed by atoms with Gasteiger partial charge in [0.15, 0.2) is 5.76 Å². The molecule has 8 heteroatoms. The van der Waals surface area contributed by atoms with Crippen LogP contribution in [-0.2, 0) is 4.79 Å². The van der Waals surface area contributed by atoms with Gasteiger partial charge in [0.1, 0.15) is 0 Å². The average molecular weight is 356 g/mol. The fourth-order valence-corrected chi connectivity index (χ4v) is 2.86. The van der Waals surface area contributed by atoms with Gasteiger partial charge in [0.25, 0.3) is 11.8 Å². The molecule has 0 aliphatic carbocycles. The third-order valence-corrected chi connectivity index (χ3v) is 4.23. The lowest BCUT2D eigenvalue weighted by molar-refractivity contribution is -0.117. The molecular weight excluding hydrogens is 336 g/mol. The number of nitrogens with two attached hydrogens (primary N) is 1. The van der Waals surface area contributed by atoms with Gasteiger partial charge in [-0.1, -0.05) is 12.1 Å². The Hall–Kier alpha value is -3.13. The number of benzene rings is 1. The Balaban J connectivity index is 1.51. The second-order valence-electron chi connectivity index (χ2n) is 6.00. The van der Waals surface area contributed by atoms with Crippen LogP contribution in [0.25, 0.3) is 0 Å². The number of carbonyl (C=O) groups is 3. The van der Waals surface area contributed by atoms with E-state index in [2.05, 4.69) is 5.32 Å². The SMILES string of the molecule is NC(=O)c1ccccc1NC(=O)CN1CCN(C(=O)c2ccco2)CC1. The molecule has 3 rings (SSSR count). The summed E-state index contributed by atoms with van der Waals surface area (Å²) in [5.41, 5.74) is 5.99. The zero-order chi connectivity index (χ0) is 18.5. The average Bonchev–Trinajstić information content (AvgIpc) is 3.16. The Morgan fingerprint density at radius 2 is 1.77 bits per heavy atom. The molecule has 3 N–H and O–H groups in total. The first-order valence-corrected chi connectivity index (χ1v) is 8.28. The van der Waals surface area contributed by atoms with E-state index in [1.807, 2.05) is 4.90 Å². The number of nitrogens with one attached hydrogen (secondary N) is 1. The molecule has 136 valence electrons. The number of piperazine rings is 1. The Morgan fingerprint density at radius 3 is 2.42 bits per heavy atom. The summed E-state index contributed by atoms with van der Waals surface area (Å²) in [6.45, 7) is 2.37. The predicted octanol–water partition coefficient (Wildman–Crippen LogP) is 0.775. The summed E-state index contributed by atoms with van der Waals surface area (Å²) >= 11 is 0. The summed E-state index contributed by atoms with van der Waals surface area (Å²) in [4.78, 5) is 39.5. The number of nitrogens with zero attached hydrogens (tertiary/aromatic N) is 2. The van der Waals surface area contributed by atoms with Crippen LogP contribution in [0.1, 0.15) is 20.9 Å². The fourth-order valence-electron chi connectivity index (χ4n) is 2.86. The maximum Gasteiger partial charge on any atom is 0.289 e. The van der Waals surface area contributed by atoms with Crippen molar-refractivity contribution in [3.8, 4) is 0 Å². The lowest BCUT2D eigenvalue weighted by Crippen LogP contribution is -2.50. The molecule has 0 unspecified atom stereocenters. The molecular formula is C18H20N4O4. The van der Waals surface area contributed by atoms with Gasteiger partial charge in [-0.25, -0.2) is 0 Å². The minimum atomic E-state index is -0.592. The van der Waals surface area contributed by atoms with Gasteiger partial charge in [-0.15, -0.1) is 0 Å². The van der Waals surface area contributed by atoms with E-state index in [4.69, 9.17) is 10.2 Å². The highest BCUT2D eigenvalue weighted by atomic mass is 16.3. The number of amides is 3. The quantitative estimate of drug-likeness (QED) is 0.823. The van der Waals surface area contributed by atoms with Gasteiger partial charge in [0.05, 0.1) is 24.1 Å². The summed E-state index contributed by atoms with van der Waals surface area (Å²) in [6.07, 6.45) is 1.47. The van der Waals surface area contributed by atoms with Crippen LogP contribution >= 0.6 is 0 Å². The van der Waals surface area contributed by atoms with Crippen molar-refractivity contribution in [2.45, 2.75) is 0 Å². The number of hydrogen-bond acceptors (Lipinski definition) is 5. The monoisotopic (exact) mass is 356 g/mol. The van der Waals surface area contributed by atoms with E-state index >= 15 is 0 Å². The highest BCUT2D eigenvalue weighted by Crippen LogP contribution is 2.14. The van der Waals surface area contributed by atoms with Crippen molar-refractivity contribution in [3.63, 3.8) is 0 Å². The van der Waals surface area contributed by atoms with Gasteiger partial charge in [-0.2, -0.15) is 0 Å². The Kier molecular flexibility index (Phi) is 5.33. The number of rotatable bonds is 5. The molecule has 26 heavy (non-hydrogen) atoms. The first-order chi connectivity index (χ1) is 12.5. The first kappa shape index (κ1) is 17.7. The molecule has 0 spiro atoms. The third kappa shape index (κ3) is 4.09. The van der Waals surface area contributed by atoms with Crippen molar-refractivity contribution in [2.24, 2.45) is 5.73 Å². The van der Waals surface area contributed by atoms with Gasteiger partial charge in [-0.05, 0) is 24.3 Å². The van der Waals surface area contributed by atoms with Gasteiger partial charge < -0.3 is 20.4 Å². The molecule has 3 amide bonds. The third-order valence-electron chi connectivity index (χ3n) is 4.23. The van der Waals surface area contributed by atoms with E-state index in [1.165, 1.54) is 6.26 Å². The van der Waals surface area contributed by atoms with Crippen molar-refractivity contribution in [1.29, 1.82) is 0 Å². The summed E-state index contributed by atoms with van der Waals surface area (Å²) in [5.74, 6) is -0.649. The molecule has 0 atom stereocenters. The first-order valence-electron chi connectivity index (χ1n) is 8.28. The Labute approximate surface area is 150 Å². The smallest absolute Gasteiger partial charge is 0.289 e. The fraction of sp³-hybridized carbons (Fsp3) is 0.278. The summed E-state index contributed by atoms with van der Waals surface area (Å²) in [7, 11) is 0. The number of para-hydroxylation sites is 1. The van der Waals surface area contributed by atoms with Gasteiger partial charge >= 0.3 is 0 Å². The standard InChI is InChI=1S/C18H20N4O4/c19-17(24)13-4-1-2-5-14(13)20-16(23)12-21-7-9-22(10-8-21)18(25)15-6-3-11-26-15/h1-6,11H,7-10,12H2,(H2,19,24)(H,20,23). The Bertz CT molecular complexity index is 795. The normalized spacial score (nSPS) is 14.8. The number of hydrogen-bond donors (Lipinski definition) is 2. The largest absolute Gasteiger partial charge is 0.459 e. The lowest BCUT2D eigenvalue weighted by atomic mass is 10.1. The predicted molar refractivity (Wildman–Crippen MR) is 94.6 cm³/mol. The number of primary amides is 1. The molecule has 0 radical (unpaired) electrons. The number of anilines is 1. The second-order valence-corrected chi connectivity index (χ2v) is 6.00. The van der Waals surface area contributed by atoms with Crippen LogP contribution in [0.5, 0.6) is 0 Å². The zero-order valence-corrected chi connectivity index (χ0v) is 14.2. The van der Waals surface area contributed by atoms with E-state index in [0.717, 1.165) is 0 Å². The van der Waals surface area contributed by atoms with Crippen molar-refractivity contribution < 1.29 is 18.8 Å². The van der Waals surface area contributed by atoms with Crippen molar-refractivity contribution in [3.05, 3.63) is 54.0 Å². The Morgan fingerprint density at radius 1 is 1.04 bits per heavy atom. The van der Waals surface area contributed by atoms with Crippen LogP contribution in [0.3, 0.4) is 0 Å². The van der Waals surface area contributed by atoms with E-state index in [9.17, 15) is 14.4 Å². The van der Waals surface area contributed by atoms with E-state index in [-0.39, 0.29) is 23.9 Å². The van der Waals surface area contributed by atoms with E-state index in [0.29, 0.717) is 37.6 Å². The van der Waals surface area contributed by atoms with Crippen LogP contribution in [0.4, 0.5) is 5.69 Å². The van der Waals surface area contributed by atoms with Gasteiger partial charge in [0, 0.05) is 26.2 Å². The molecule has 1 aliphatic rings. The highest BCUT2D eigenvalue weighted by Gasteiger charge is 2.24. The van der Waals surface area contributed by atoms with Crippen LogP contribution in [0.2, 0.25) is 0 Å². The number of furan rings is 1. The molecule has 8 nitrogen and oxygen atoms in total. The van der Waals surface area contributed by atoms with Crippen molar-refractivity contribution >= 4 is 23.4 Å². The zero-order valence-electron chi connectivity index (χ0n) is 14.2. The van der Waals surface area contributed by atoms with Crippen LogP contribution in [-0.4, -0.2) is 60.2 Å². The molecule has 0 bridgehead atoms. The summed E-state index contributed by atoms with van der Waals surface area (Å²) in [6, 6.07) is 9.93. The molecule has 2 heterocycles. The summed E-state index contributed by atoms with van der Waals surface area (Å²) < 4.78 is 5.13. The number of carbonyl (C=O) groups excluding carboxylic acids is 3. The van der Waals surface area contributed by atoms with E-state index < -0.39 is 5.91 Å². The second kappa shape index (κ2) is 7.83. The molecule has 1 aromatic heterocycles. The highest BCUT2D eigenvalue weighted by molar-refractivity contribution is 6.03. The van der Waals surface area contributed by atoms with Crippen LogP contribution in [0, 0.1) is 0 Å². The van der Waals surface area contributed by atoms with Crippen LogP contribution in [0.15, 0.2) is 47.1 Å².